The Morgan fingerprint density at radius 1 is 0.453 bits per heavy atom. The van der Waals surface area contributed by atoms with E-state index in [1.807, 2.05) is 13.8 Å². The van der Waals surface area contributed by atoms with Crippen LogP contribution in [0.4, 0.5) is 0 Å². The number of nitrogens with zero attached hydrogens (tertiary/aromatic N) is 2. The van der Waals surface area contributed by atoms with E-state index in [1.54, 1.807) is 0 Å². The molecule has 2 aliphatic rings. The number of carbonyl (C=O) groups is 2. The molecule has 4 heterocycles. The molecule has 352 valence electrons. The van der Waals surface area contributed by atoms with Crippen LogP contribution in [0, 0.1) is 0 Å². The zero-order valence-corrected chi connectivity index (χ0v) is 39.8. The summed E-state index contributed by atoms with van der Waals surface area (Å²) < 4.78 is 41.0. The van der Waals surface area contributed by atoms with E-state index in [4.69, 9.17) is 28.4 Å². The van der Waals surface area contributed by atoms with Gasteiger partial charge in [-0.25, -0.2) is 9.59 Å². The zero-order valence-electron chi connectivity index (χ0n) is 39.8. The smallest absolute Gasteiger partial charge is 0.359 e. The Balaban J connectivity index is 1.30. The van der Waals surface area contributed by atoms with E-state index in [1.165, 1.54) is 103 Å². The maximum absolute atomic E-state index is 13.7. The van der Waals surface area contributed by atoms with Crippen LogP contribution in [0.2, 0.25) is 0 Å². The molecule has 2 aromatic heterocycles. The van der Waals surface area contributed by atoms with Gasteiger partial charge in [-0.05, 0) is 49.6 Å². The fourth-order valence-corrected chi connectivity index (χ4v) is 9.38. The van der Waals surface area contributed by atoms with Crippen molar-refractivity contribution in [2.75, 3.05) is 39.6 Å². The van der Waals surface area contributed by atoms with Gasteiger partial charge in [0, 0.05) is 37.1 Å². The first-order valence-corrected chi connectivity index (χ1v) is 25.4. The van der Waals surface area contributed by atoms with Gasteiger partial charge in [0.05, 0.1) is 51.0 Å². The molecule has 0 saturated carbocycles. The van der Waals surface area contributed by atoms with Crippen LogP contribution < -0.4 is 18.9 Å². The zero-order chi connectivity index (χ0) is 44.9. The van der Waals surface area contributed by atoms with Crippen molar-refractivity contribution in [3.8, 4) is 45.5 Å². The van der Waals surface area contributed by atoms with Crippen LogP contribution >= 0.6 is 0 Å². The summed E-state index contributed by atoms with van der Waals surface area (Å²) in [6.07, 6.45) is 26.0. The molecule has 0 unspecified atom stereocenters. The van der Waals surface area contributed by atoms with Crippen molar-refractivity contribution >= 4 is 22.7 Å². The van der Waals surface area contributed by atoms with Crippen molar-refractivity contribution < 1.29 is 38.0 Å². The molecule has 0 amide bonds. The average Bonchev–Trinajstić information content (AvgIpc) is 3.49. The van der Waals surface area contributed by atoms with Gasteiger partial charge in [-0.1, -0.05) is 154 Å². The minimum absolute atomic E-state index is 0.274. The van der Waals surface area contributed by atoms with Crippen LogP contribution in [0.25, 0.3) is 33.3 Å². The number of ether oxygens (including phenoxy) is 6. The summed E-state index contributed by atoms with van der Waals surface area (Å²) in [6, 6.07) is 12.9. The van der Waals surface area contributed by atoms with Gasteiger partial charge in [0.1, 0.15) is 0 Å². The summed E-state index contributed by atoms with van der Waals surface area (Å²) in [5, 5.41) is 2.08. The number of hydrogen-bond acceptors (Lipinski definition) is 8. The number of rotatable bonds is 28. The molecule has 64 heavy (non-hydrogen) atoms. The molecule has 2 aromatic carbocycles. The third kappa shape index (κ3) is 12.8. The second-order valence-corrected chi connectivity index (χ2v) is 17.7. The van der Waals surface area contributed by atoms with Crippen molar-refractivity contribution in [3.63, 3.8) is 0 Å². The first-order valence-electron chi connectivity index (χ1n) is 25.4. The van der Waals surface area contributed by atoms with Crippen LogP contribution in [0.5, 0.6) is 23.0 Å². The van der Waals surface area contributed by atoms with Crippen LogP contribution in [-0.2, 0) is 22.6 Å². The Bertz CT molecular complexity index is 1920. The first-order chi connectivity index (χ1) is 31.5. The lowest BCUT2D eigenvalue weighted by Gasteiger charge is -2.16. The van der Waals surface area contributed by atoms with E-state index in [-0.39, 0.29) is 25.2 Å². The van der Waals surface area contributed by atoms with Gasteiger partial charge < -0.3 is 37.6 Å². The van der Waals surface area contributed by atoms with E-state index in [0.717, 1.165) is 71.8 Å². The molecule has 4 aromatic rings. The van der Waals surface area contributed by atoms with Crippen molar-refractivity contribution in [2.45, 2.75) is 182 Å². The molecule has 0 saturated heterocycles. The molecule has 0 fully saturated rings. The van der Waals surface area contributed by atoms with Gasteiger partial charge in [-0.3, -0.25) is 0 Å². The molecule has 10 nitrogen and oxygen atoms in total. The standard InChI is InChI=1S/C54H78N2O8/c1-5-9-11-13-15-17-19-21-23-25-33-55-45(49-51(63-37-27-35-61-49)47(55)53(57)59-7-3)43-31-29-42-40-44(32-30-41(42)39-43)46-50-52(64-38-28-36-62-50)48(54(58)60-8-4)56(46)34-26-24-22-20-18-16-14-12-10-6-2/h29-32,39-40H,5-28,33-38H2,1-4H3. The summed E-state index contributed by atoms with van der Waals surface area (Å²) >= 11 is 0. The minimum Gasteiger partial charge on any atom is -0.487 e. The number of carbonyl (C=O) groups excluding carboxylic acids is 2. The Morgan fingerprint density at radius 2 is 0.781 bits per heavy atom. The fourth-order valence-electron chi connectivity index (χ4n) is 9.38. The minimum atomic E-state index is -0.388. The van der Waals surface area contributed by atoms with Gasteiger partial charge in [0.2, 0.25) is 0 Å². The molecule has 0 radical (unpaired) electrons. The summed E-state index contributed by atoms with van der Waals surface area (Å²) in [6.45, 7) is 12.0. The van der Waals surface area contributed by atoms with Crippen molar-refractivity contribution in [1.29, 1.82) is 0 Å². The highest BCUT2D eigenvalue weighted by atomic mass is 16.6. The number of unbranched alkanes of at least 4 members (excludes halogenated alkanes) is 18. The SMILES string of the molecule is CCCCCCCCCCCCn1c(C(=O)OCC)c2c(c1-c1ccc3cc(-c4c5c(c(C(=O)OCC)n4CCCCCCCCCCCC)OCCCO5)ccc3c1)OCCCO2. The van der Waals surface area contributed by atoms with Crippen LogP contribution in [0.15, 0.2) is 36.4 Å². The van der Waals surface area contributed by atoms with Gasteiger partial charge in [-0.2, -0.15) is 0 Å². The highest BCUT2D eigenvalue weighted by Gasteiger charge is 2.34. The van der Waals surface area contributed by atoms with E-state index in [0.29, 0.717) is 73.9 Å². The average molecular weight is 883 g/mol. The van der Waals surface area contributed by atoms with E-state index < -0.39 is 0 Å². The lowest BCUT2D eigenvalue weighted by molar-refractivity contribution is 0.0499. The molecule has 0 atom stereocenters. The molecular weight excluding hydrogens is 805 g/mol. The number of aromatic nitrogens is 2. The molecular formula is C54H78N2O8. The Labute approximate surface area is 383 Å². The summed E-state index contributed by atoms with van der Waals surface area (Å²) in [5.74, 6) is 1.41. The molecule has 0 N–H and O–H groups in total. The normalized spacial score (nSPS) is 13.5. The fraction of sp³-hybridized carbons (Fsp3) is 0.630. The predicted octanol–water partition coefficient (Wildman–Crippen LogP) is 14.3. The summed E-state index contributed by atoms with van der Waals surface area (Å²) in [5.41, 5.74) is 4.46. The number of hydrogen-bond donors (Lipinski definition) is 0. The highest BCUT2D eigenvalue weighted by Crippen LogP contribution is 2.48. The Kier molecular flexibility index (Phi) is 20.1. The maximum Gasteiger partial charge on any atom is 0.359 e. The van der Waals surface area contributed by atoms with Gasteiger partial charge in [0.25, 0.3) is 0 Å². The van der Waals surface area contributed by atoms with Gasteiger partial charge >= 0.3 is 11.9 Å². The molecule has 0 bridgehead atoms. The quantitative estimate of drug-likeness (QED) is 0.0411. The van der Waals surface area contributed by atoms with Crippen LogP contribution in [0.1, 0.15) is 190 Å². The summed E-state index contributed by atoms with van der Waals surface area (Å²) in [4.78, 5) is 27.5. The third-order valence-electron chi connectivity index (χ3n) is 12.7. The number of benzene rings is 2. The number of fused-ring (bicyclic) bond motifs is 3. The molecule has 6 rings (SSSR count). The van der Waals surface area contributed by atoms with E-state index >= 15 is 0 Å². The monoisotopic (exact) mass is 883 g/mol. The molecule has 2 aliphatic heterocycles. The third-order valence-corrected chi connectivity index (χ3v) is 12.7. The van der Waals surface area contributed by atoms with Crippen LogP contribution in [0.3, 0.4) is 0 Å². The van der Waals surface area contributed by atoms with Crippen molar-refractivity contribution in [2.24, 2.45) is 0 Å². The Hall–Kier alpha value is -4.60. The predicted molar refractivity (Wildman–Crippen MR) is 258 cm³/mol. The second kappa shape index (κ2) is 26.4. The van der Waals surface area contributed by atoms with Crippen molar-refractivity contribution in [3.05, 3.63) is 47.8 Å². The topological polar surface area (TPSA) is 99.4 Å². The maximum atomic E-state index is 13.7. The van der Waals surface area contributed by atoms with Crippen molar-refractivity contribution in [1.82, 2.24) is 9.13 Å². The first kappa shape index (κ1) is 48.8. The lowest BCUT2D eigenvalue weighted by Crippen LogP contribution is -2.15. The van der Waals surface area contributed by atoms with Crippen LogP contribution in [-0.4, -0.2) is 60.7 Å². The van der Waals surface area contributed by atoms with Gasteiger partial charge in [-0.15, -0.1) is 0 Å². The molecule has 0 aliphatic carbocycles. The summed E-state index contributed by atoms with van der Waals surface area (Å²) in [7, 11) is 0. The van der Waals surface area contributed by atoms with Gasteiger partial charge in [0.15, 0.2) is 34.4 Å². The van der Waals surface area contributed by atoms with E-state index in [9.17, 15) is 9.59 Å². The number of esters is 2. The molecule has 0 spiro atoms. The molecule has 10 heteroatoms. The lowest BCUT2D eigenvalue weighted by atomic mass is 10.0. The van der Waals surface area contributed by atoms with E-state index in [2.05, 4.69) is 59.4 Å². The second-order valence-electron chi connectivity index (χ2n) is 17.7. The highest BCUT2D eigenvalue weighted by molar-refractivity contribution is 5.99. The largest absolute Gasteiger partial charge is 0.487 e. The Morgan fingerprint density at radius 3 is 1.12 bits per heavy atom.